The molecule has 1 unspecified atom stereocenters. The largest absolute Gasteiger partial charge is 0.387 e. The number of aromatic nitrogens is 4. The van der Waals surface area contributed by atoms with Gasteiger partial charge in [0.15, 0.2) is 5.82 Å². The molecule has 1 atom stereocenters. The van der Waals surface area contributed by atoms with Gasteiger partial charge in [-0.25, -0.2) is 9.97 Å². The fourth-order valence-corrected chi connectivity index (χ4v) is 3.02. The minimum Gasteiger partial charge on any atom is -0.387 e. The van der Waals surface area contributed by atoms with E-state index in [9.17, 15) is 5.11 Å². The number of anilines is 1. The SMILES string of the molecule is Cc1nccn1-c1cncc(NCC(O)c2ccc(-c3ccccc3)cc2)n1. The second kappa shape index (κ2) is 8.02. The minimum absolute atomic E-state index is 0.339. The third-order valence-electron chi connectivity index (χ3n) is 4.57. The van der Waals surface area contributed by atoms with Gasteiger partial charge in [0.2, 0.25) is 0 Å². The highest BCUT2D eigenvalue weighted by Crippen LogP contribution is 2.22. The molecule has 2 aromatic heterocycles. The number of nitrogens with zero attached hydrogens (tertiary/aromatic N) is 4. The first-order valence-corrected chi connectivity index (χ1v) is 9.10. The number of rotatable bonds is 6. The summed E-state index contributed by atoms with van der Waals surface area (Å²) in [6.07, 6.45) is 6.23. The summed E-state index contributed by atoms with van der Waals surface area (Å²) in [5.41, 5.74) is 3.13. The highest BCUT2D eigenvalue weighted by molar-refractivity contribution is 5.63. The van der Waals surface area contributed by atoms with E-state index in [1.54, 1.807) is 18.6 Å². The van der Waals surface area contributed by atoms with Crippen molar-refractivity contribution < 1.29 is 5.11 Å². The Balaban J connectivity index is 1.42. The standard InChI is InChI=1S/C22H21N5O/c1-16-24-11-12-27(16)22-15-23-14-21(26-22)25-13-20(28)19-9-7-18(8-10-19)17-5-3-2-4-6-17/h2-12,14-15,20,28H,13H2,1H3,(H,25,26). The van der Waals surface area contributed by atoms with E-state index in [0.29, 0.717) is 18.2 Å². The summed E-state index contributed by atoms with van der Waals surface area (Å²) in [5, 5.41) is 13.7. The summed E-state index contributed by atoms with van der Waals surface area (Å²) in [6, 6.07) is 18.1. The van der Waals surface area contributed by atoms with Crippen LogP contribution in [0.25, 0.3) is 16.9 Å². The van der Waals surface area contributed by atoms with Crippen molar-refractivity contribution in [3.05, 3.63) is 90.8 Å². The predicted octanol–water partition coefficient (Wildman–Crippen LogP) is 3.78. The maximum Gasteiger partial charge on any atom is 0.159 e. The van der Waals surface area contributed by atoms with Gasteiger partial charge in [0.1, 0.15) is 11.6 Å². The average molecular weight is 371 g/mol. The van der Waals surface area contributed by atoms with Crippen molar-refractivity contribution in [2.45, 2.75) is 13.0 Å². The van der Waals surface area contributed by atoms with Gasteiger partial charge >= 0.3 is 0 Å². The van der Waals surface area contributed by atoms with Gasteiger partial charge in [-0.3, -0.25) is 9.55 Å². The van der Waals surface area contributed by atoms with E-state index < -0.39 is 6.10 Å². The third kappa shape index (κ3) is 3.92. The fourth-order valence-electron chi connectivity index (χ4n) is 3.02. The molecule has 0 aliphatic rings. The van der Waals surface area contributed by atoms with E-state index >= 15 is 0 Å². The molecule has 0 amide bonds. The lowest BCUT2D eigenvalue weighted by Gasteiger charge is -2.14. The van der Waals surface area contributed by atoms with Gasteiger partial charge in [0.05, 0.1) is 18.5 Å². The molecule has 28 heavy (non-hydrogen) atoms. The molecule has 0 saturated heterocycles. The van der Waals surface area contributed by atoms with Crippen LogP contribution >= 0.6 is 0 Å². The van der Waals surface area contributed by atoms with E-state index in [4.69, 9.17) is 0 Å². The zero-order valence-corrected chi connectivity index (χ0v) is 15.5. The first-order chi connectivity index (χ1) is 13.7. The zero-order valence-electron chi connectivity index (χ0n) is 15.5. The maximum atomic E-state index is 10.5. The summed E-state index contributed by atoms with van der Waals surface area (Å²) in [5.74, 6) is 2.12. The maximum absolute atomic E-state index is 10.5. The molecule has 2 aromatic carbocycles. The number of nitrogens with one attached hydrogen (secondary N) is 1. The van der Waals surface area contributed by atoms with E-state index in [2.05, 4.69) is 32.4 Å². The Morgan fingerprint density at radius 2 is 1.75 bits per heavy atom. The molecule has 6 nitrogen and oxygen atoms in total. The Morgan fingerprint density at radius 3 is 2.46 bits per heavy atom. The van der Waals surface area contributed by atoms with Crippen molar-refractivity contribution >= 4 is 5.82 Å². The molecule has 0 radical (unpaired) electrons. The number of aryl methyl sites for hydroxylation is 1. The molecule has 6 heteroatoms. The average Bonchev–Trinajstić information content (AvgIpc) is 3.19. The lowest BCUT2D eigenvalue weighted by atomic mass is 10.0. The van der Waals surface area contributed by atoms with Crippen molar-refractivity contribution in [2.24, 2.45) is 0 Å². The van der Waals surface area contributed by atoms with Gasteiger partial charge in [-0.2, -0.15) is 0 Å². The normalized spacial score (nSPS) is 11.9. The molecule has 140 valence electrons. The number of hydrogen-bond donors (Lipinski definition) is 2. The van der Waals surface area contributed by atoms with Crippen molar-refractivity contribution in [2.75, 3.05) is 11.9 Å². The Bertz CT molecular complexity index is 1040. The van der Waals surface area contributed by atoms with E-state index in [1.165, 1.54) is 0 Å². The van der Waals surface area contributed by atoms with Crippen LogP contribution in [0.15, 0.2) is 79.4 Å². The lowest BCUT2D eigenvalue weighted by Crippen LogP contribution is -2.14. The number of aliphatic hydroxyl groups is 1. The van der Waals surface area contributed by atoms with Gasteiger partial charge in [0.25, 0.3) is 0 Å². The molecular formula is C22H21N5O. The molecule has 4 rings (SSSR count). The van der Waals surface area contributed by atoms with Crippen LogP contribution in [-0.2, 0) is 0 Å². The van der Waals surface area contributed by atoms with Crippen molar-refractivity contribution in [1.29, 1.82) is 0 Å². The van der Waals surface area contributed by atoms with Gasteiger partial charge < -0.3 is 10.4 Å². The van der Waals surface area contributed by atoms with Crippen LogP contribution in [0.3, 0.4) is 0 Å². The van der Waals surface area contributed by atoms with Gasteiger partial charge in [-0.05, 0) is 23.6 Å². The first kappa shape index (κ1) is 17.9. The number of imidazole rings is 1. The van der Waals surface area contributed by atoms with Crippen LogP contribution < -0.4 is 5.32 Å². The first-order valence-electron chi connectivity index (χ1n) is 9.10. The van der Waals surface area contributed by atoms with Crippen LogP contribution in [0, 0.1) is 6.92 Å². The lowest BCUT2D eigenvalue weighted by molar-refractivity contribution is 0.191. The molecule has 0 aliphatic heterocycles. The molecule has 0 bridgehead atoms. The van der Waals surface area contributed by atoms with Crippen LogP contribution in [0.2, 0.25) is 0 Å². The predicted molar refractivity (Wildman–Crippen MR) is 109 cm³/mol. The van der Waals surface area contributed by atoms with Crippen LogP contribution in [0.1, 0.15) is 17.5 Å². The van der Waals surface area contributed by atoms with Gasteiger partial charge in [0, 0.05) is 18.9 Å². The molecule has 2 N–H and O–H groups in total. The second-order valence-corrected chi connectivity index (χ2v) is 6.49. The van der Waals surface area contributed by atoms with E-state index in [-0.39, 0.29) is 0 Å². The Hall–Kier alpha value is -3.51. The number of aliphatic hydroxyl groups excluding tert-OH is 1. The zero-order chi connectivity index (χ0) is 19.3. The van der Waals surface area contributed by atoms with Crippen molar-refractivity contribution in [3.63, 3.8) is 0 Å². The molecule has 4 aromatic rings. The summed E-state index contributed by atoms with van der Waals surface area (Å²) >= 11 is 0. The highest BCUT2D eigenvalue weighted by atomic mass is 16.3. The molecule has 0 aliphatic carbocycles. The highest BCUT2D eigenvalue weighted by Gasteiger charge is 2.09. The van der Waals surface area contributed by atoms with Gasteiger partial charge in [-0.15, -0.1) is 0 Å². The topological polar surface area (TPSA) is 75.9 Å². The fraction of sp³-hybridized carbons (Fsp3) is 0.136. The van der Waals surface area contributed by atoms with Gasteiger partial charge in [-0.1, -0.05) is 54.6 Å². The second-order valence-electron chi connectivity index (χ2n) is 6.49. The van der Waals surface area contributed by atoms with Crippen LogP contribution in [0.4, 0.5) is 5.82 Å². The summed E-state index contributed by atoms with van der Waals surface area (Å²) < 4.78 is 1.86. The minimum atomic E-state index is -0.648. The van der Waals surface area contributed by atoms with E-state index in [1.807, 2.05) is 60.2 Å². The third-order valence-corrected chi connectivity index (χ3v) is 4.57. The number of hydrogen-bond acceptors (Lipinski definition) is 5. The summed E-state index contributed by atoms with van der Waals surface area (Å²) in [4.78, 5) is 13.0. The van der Waals surface area contributed by atoms with E-state index in [0.717, 1.165) is 22.5 Å². The Kier molecular flexibility index (Phi) is 5.12. The van der Waals surface area contributed by atoms with Crippen LogP contribution in [0.5, 0.6) is 0 Å². The molecular weight excluding hydrogens is 350 g/mol. The summed E-state index contributed by atoms with van der Waals surface area (Å²) in [7, 11) is 0. The summed E-state index contributed by atoms with van der Waals surface area (Å²) in [6.45, 7) is 2.25. The molecule has 0 saturated carbocycles. The molecule has 2 heterocycles. The smallest absolute Gasteiger partial charge is 0.159 e. The molecule has 0 spiro atoms. The van der Waals surface area contributed by atoms with Crippen LogP contribution in [-0.4, -0.2) is 31.2 Å². The Morgan fingerprint density at radius 1 is 1.00 bits per heavy atom. The van der Waals surface area contributed by atoms with Crippen molar-refractivity contribution in [3.8, 4) is 16.9 Å². The Labute approximate surface area is 163 Å². The quantitative estimate of drug-likeness (QED) is 0.539. The monoisotopic (exact) mass is 371 g/mol. The number of benzene rings is 2. The molecule has 0 fully saturated rings. The van der Waals surface area contributed by atoms with Crippen molar-refractivity contribution in [1.82, 2.24) is 19.5 Å².